The summed E-state index contributed by atoms with van der Waals surface area (Å²) in [4.78, 5) is 0. The van der Waals surface area contributed by atoms with Crippen molar-refractivity contribution in [3.63, 3.8) is 0 Å². The van der Waals surface area contributed by atoms with E-state index < -0.39 is 0 Å². The molecule has 88 valence electrons. The van der Waals surface area contributed by atoms with Gasteiger partial charge in [0.25, 0.3) is 0 Å². The SMILES string of the molecule is CC(C)C(C)NC1CCOC2(CCC2)C1. The molecular formula is C13H25NO. The van der Waals surface area contributed by atoms with E-state index in [1.54, 1.807) is 0 Å². The van der Waals surface area contributed by atoms with E-state index in [9.17, 15) is 0 Å². The first-order valence-corrected chi connectivity index (χ1v) is 6.51. The minimum Gasteiger partial charge on any atom is -0.375 e. The Bertz CT molecular complexity index is 211. The zero-order chi connectivity index (χ0) is 10.9. The van der Waals surface area contributed by atoms with Gasteiger partial charge in [0.1, 0.15) is 0 Å². The van der Waals surface area contributed by atoms with E-state index in [2.05, 4.69) is 26.1 Å². The van der Waals surface area contributed by atoms with Crippen LogP contribution in [0.3, 0.4) is 0 Å². The van der Waals surface area contributed by atoms with Gasteiger partial charge in [0.2, 0.25) is 0 Å². The van der Waals surface area contributed by atoms with Crippen molar-refractivity contribution in [1.29, 1.82) is 0 Å². The maximum absolute atomic E-state index is 5.93. The third-order valence-electron chi connectivity index (χ3n) is 4.26. The fourth-order valence-corrected chi connectivity index (χ4v) is 2.65. The molecule has 1 saturated carbocycles. The van der Waals surface area contributed by atoms with Gasteiger partial charge in [-0.3, -0.25) is 0 Å². The molecule has 1 heterocycles. The summed E-state index contributed by atoms with van der Waals surface area (Å²) in [6.07, 6.45) is 6.39. The van der Waals surface area contributed by atoms with Gasteiger partial charge in [0, 0.05) is 18.7 Å². The van der Waals surface area contributed by atoms with E-state index in [1.165, 1.54) is 32.1 Å². The Hall–Kier alpha value is -0.0800. The van der Waals surface area contributed by atoms with Crippen LogP contribution in [0.5, 0.6) is 0 Å². The van der Waals surface area contributed by atoms with Crippen LogP contribution in [0.1, 0.15) is 52.9 Å². The smallest absolute Gasteiger partial charge is 0.0697 e. The first-order chi connectivity index (χ1) is 7.11. The molecule has 0 aromatic carbocycles. The Morgan fingerprint density at radius 2 is 2.00 bits per heavy atom. The minimum absolute atomic E-state index is 0.284. The lowest BCUT2D eigenvalue weighted by Crippen LogP contribution is -2.53. The second-order valence-corrected chi connectivity index (χ2v) is 5.77. The molecule has 1 aliphatic heterocycles. The topological polar surface area (TPSA) is 21.3 Å². The predicted octanol–water partition coefficient (Wildman–Crippen LogP) is 2.72. The Balaban J connectivity index is 1.82. The van der Waals surface area contributed by atoms with Crippen LogP contribution >= 0.6 is 0 Å². The summed E-state index contributed by atoms with van der Waals surface area (Å²) < 4.78 is 5.93. The summed E-state index contributed by atoms with van der Waals surface area (Å²) >= 11 is 0. The van der Waals surface area contributed by atoms with Gasteiger partial charge in [-0.2, -0.15) is 0 Å². The van der Waals surface area contributed by atoms with Crippen molar-refractivity contribution in [3.05, 3.63) is 0 Å². The van der Waals surface area contributed by atoms with Crippen molar-refractivity contribution < 1.29 is 4.74 Å². The zero-order valence-electron chi connectivity index (χ0n) is 10.4. The molecule has 1 saturated heterocycles. The van der Waals surface area contributed by atoms with Crippen molar-refractivity contribution in [2.45, 2.75) is 70.6 Å². The number of rotatable bonds is 3. The molecule has 0 radical (unpaired) electrons. The van der Waals surface area contributed by atoms with Crippen LogP contribution in [0.25, 0.3) is 0 Å². The Kier molecular flexibility index (Phi) is 3.36. The van der Waals surface area contributed by atoms with Crippen molar-refractivity contribution in [2.24, 2.45) is 5.92 Å². The third-order valence-corrected chi connectivity index (χ3v) is 4.26. The van der Waals surface area contributed by atoms with Crippen LogP contribution in [0.2, 0.25) is 0 Å². The number of hydrogen-bond acceptors (Lipinski definition) is 2. The summed E-state index contributed by atoms with van der Waals surface area (Å²) in [5.74, 6) is 0.727. The molecule has 15 heavy (non-hydrogen) atoms. The molecule has 2 nitrogen and oxygen atoms in total. The van der Waals surface area contributed by atoms with Crippen LogP contribution < -0.4 is 5.32 Å². The summed E-state index contributed by atoms with van der Waals surface area (Å²) in [6, 6.07) is 1.32. The van der Waals surface area contributed by atoms with E-state index in [1.807, 2.05) is 0 Å². The summed E-state index contributed by atoms with van der Waals surface area (Å²) in [7, 11) is 0. The molecule has 1 N–H and O–H groups in total. The fraction of sp³-hybridized carbons (Fsp3) is 1.00. The van der Waals surface area contributed by atoms with Crippen molar-refractivity contribution >= 4 is 0 Å². The van der Waals surface area contributed by atoms with E-state index in [0.29, 0.717) is 12.1 Å². The maximum atomic E-state index is 5.93. The first-order valence-electron chi connectivity index (χ1n) is 6.51. The van der Waals surface area contributed by atoms with Crippen LogP contribution in [-0.4, -0.2) is 24.3 Å². The van der Waals surface area contributed by atoms with Gasteiger partial charge in [-0.25, -0.2) is 0 Å². The number of hydrogen-bond donors (Lipinski definition) is 1. The molecular weight excluding hydrogens is 186 g/mol. The van der Waals surface area contributed by atoms with E-state index in [4.69, 9.17) is 4.74 Å². The van der Waals surface area contributed by atoms with Gasteiger partial charge in [-0.05, 0) is 44.9 Å². The molecule has 1 spiro atoms. The second-order valence-electron chi connectivity index (χ2n) is 5.77. The molecule has 2 fully saturated rings. The van der Waals surface area contributed by atoms with E-state index in [0.717, 1.165) is 12.5 Å². The van der Waals surface area contributed by atoms with E-state index >= 15 is 0 Å². The number of nitrogens with one attached hydrogen (secondary N) is 1. The highest BCUT2D eigenvalue weighted by molar-refractivity contribution is 4.96. The zero-order valence-corrected chi connectivity index (χ0v) is 10.4. The molecule has 2 atom stereocenters. The highest BCUT2D eigenvalue weighted by Crippen LogP contribution is 2.42. The van der Waals surface area contributed by atoms with Crippen molar-refractivity contribution in [1.82, 2.24) is 5.32 Å². The largest absolute Gasteiger partial charge is 0.375 e. The lowest BCUT2D eigenvalue weighted by Gasteiger charge is -2.48. The molecule has 2 rings (SSSR count). The molecule has 0 amide bonds. The Morgan fingerprint density at radius 3 is 2.53 bits per heavy atom. The van der Waals surface area contributed by atoms with E-state index in [-0.39, 0.29) is 5.60 Å². The van der Waals surface area contributed by atoms with Gasteiger partial charge in [-0.15, -0.1) is 0 Å². The van der Waals surface area contributed by atoms with Gasteiger partial charge in [0.15, 0.2) is 0 Å². The molecule has 0 aromatic heterocycles. The van der Waals surface area contributed by atoms with Crippen LogP contribution in [0.4, 0.5) is 0 Å². The monoisotopic (exact) mass is 211 g/mol. The lowest BCUT2D eigenvalue weighted by atomic mass is 9.74. The fourth-order valence-electron chi connectivity index (χ4n) is 2.65. The molecule has 0 aromatic rings. The Labute approximate surface area is 93.8 Å². The molecule has 2 unspecified atom stereocenters. The van der Waals surface area contributed by atoms with Gasteiger partial charge in [-0.1, -0.05) is 13.8 Å². The third kappa shape index (κ3) is 2.54. The van der Waals surface area contributed by atoms with Crippen LogP contribution in [0.15, 0.2) is 0 Å². The van der Waals surface area contributed by atoms with Crippen LogP contribution in [-0.2, 0) is 4.74 Å². The predicted molar refractivity (Wildman–Crippen MR) is 63.0 cm³/mol. The van der Waals surface area contributed by atoms with Crippen LogP contribution in [0, 0.1) is 5.92 Å². The average molecular weight is 211 g/mol. The second kappa shape index (κ2) is 4.42. The summed E-state index contributed by atoms with van der Waals surface area (Å²) in [5, 5.41) is 3.76. The highest BCUT2D eigenvalue weighted by atomic mass is 16.5. The lowest BCUT2D eigenvalue weighted by molar-refractivity contribution is -0.136. The Morgan fingerprint density at radius 1 is 1.27 bits per heavy atom. The van der Waals surface area contributed by atoms with Gasteiger partial charge < -0.3 is 10.1 Å². The quantitative estimate of drug-likeness (QED) is 0.775. The van der Waals surface area contributed by atoms with Gasteiger partial charge in [0.05, 0.1) is 5.60 Å². The standard InChI is InChI=1S/C13H25NO/c1-10(2)11(3)14-12-5-8-15-13(9-12)6-4-7-13/h10-12,14H,4-9H2,1-3H3. The summed E-state index contributed by atoms with van der Waals surface area (Å²) in [5.41, 5.74) is 0.284. The number of ether oxygens (including phenoxy) is 1. The normalized spacial score (nSPS) is 31.6. The summed E-state index contributed by atoms with van der Waals surface area (Å²) in [6.45, 7) is 7.84. The van der Waals surface area contributed by atoms with Crippen molar-refractivity contribution in [3.8, 4) is 0 Å². The first kappa shape index (κ1) is 11.4. The van der Waals surface area contributed by atoms with Crippen molar-refractivity contribution in [2.75, 3.05) is 6.61 Å². The molecule has 2 heteroatoms. The minimum atomic E-state index is 0.284. The molecule has 0 bridgehead atoms. The average Bonchev–Trinajstić information content (AvgIpc) is 2.15. The maximum Gasteiger partial charge on any atom is 0.0697 e. The molecule has 1 aliphatic carbocycles. The highest BCUT2D eigenvalue weighted by Gasteiger charge is 2.42. The molecule has 2 aliphatic rings. The van der Waals surface area contributed by atoms with Gasteiger partial charge >= 0.3 is 0 Å².